The number of methoxy groups -OCH3 is 1. The van der Waals surface area contributed by atoms with E-state index in [9.17, 15) is 14.4 Å². The van der Waals surface area contributed by atoms with Gasteiger partial charge in [-0.05, 0) is 37.3 Å². The number of esters is 1. The number of ether oxygens (including phenoxy) is 1. The molecule has 0 saturated heterocycles. The van der Waals surface area contributed by atoms with Gasteiger partial charge in [0.15, 0.2) is 11.0 Å². The zero-order valence-corrected chi connectivity index (χ0v) is 19.7. The number of rotatable bonds is 8. The molecule has 2 amide bonds. The molecule has 1 aromatic heterocycles. The number of benzene rings is 2. The Labute approximate surface area is 199 Å². The Morgan fingerprint density at radius 1 is 1.12 bits per heavy atom. The van der Waals surface area contributed by atoms with E-state index in [1.807, 2.05) is 13.0 Å². The fourth-order valence-corrected chi connectivity index (χ4v) is 3.83. The van der Waals surface area contributed by atoms with Gasteiger partial charge in [0.25, 0.3) is 5.91 Å². The molecule has 1 heterocycles. The largest absolute Gasteiger partial charge is 0.465 e. The molecule has 0 fully saturated rings. The minimum absolute atomic E-state index is 0.0372. The van der Waals surface area contributed by atoms with Gasteiger partial charge in [-0.3, -0.25) is 9.59 Å². The fraction of sp³-hybridized carbons (Fsp3) is 0.227. The Balaban J connectivity index is 1.60. The summed E-state index contributed by atoms with van der Waals surface area (Å²) in [7, 11) is 3.03. The second-order valence-corrected chi connectivity index (χ2v) is 8.33. The van der Waals surface area contributed by atoms with Crippen molar-refractivity contribution in [1.82, 2.24) is 20.1 Å². The molecule has 3 aromatic rings. The van der Waals surface area contributed by atoms with E-state index in [1.165, 1.54) is 37.1 Å². The molecule has 0 aliphatic rings. The smallest absolute Gasteiger partial charge is 0.337 e. The van der Waals surface area contributed by atoms with Gasteiger partial charge in [-0.15, -0.1) is 10.2 Å². The summed E-state index contributed by atoms with van der Waals surface area (Å²) in [5.74, 6) is -0.493. The summed E-state index contributed by atoms with van der Waals surface area (Å²) < 4.78 is 6.40. The SMILES string of the molecule is COC(=O)c1ccc(Cl)c(NC(=O)CSc2nnc(C(C)NC(=O)c3ccccc3)n2C)c1. The average Bonchev–Trinajstić information content (AvgIpc) is 3.19. The standard InChI is InChI=1S/C22H22ClN5O4S/c1-13(24-20(30)14-7-5-4-6-8-14)19-26-27-22(28(19)2)33-12-18(29)25-17-11-15(21(31)32-3)9-10-16(17)23/h4-11,13H,12H2,1-3H3,(H,24,30)(H,25,29). The number of carbonyl (C=O) groups is 3. The molecule has 0 aliphatic carbocycles. The molecule has 11 heteroatoms. The highest BCUT2D eigenvalue weighted by Crippen LogP contribution is 2.25. The van der Waals surface area contributed by atoms with Crippen LogP contribution in [0, 0.1) is 0 Å². The van der Waals surface area contributed by atoms with Crippen molar-refractivity contribution in [2.24, 2.45) is 7.05 Å². The number of anilines is 1. The van der Waals surface area contributed by atoms with Crippen LogP contribution in [0.5, 0.6) is 0 Å². The van der Waals surface area contributed by atoms with Gasteiger partial charge in [-0.2, -0.15) is 0 Å². The van der Waals surface area contributed by atoms with E-state index in [0.29, 0.717) is 27.3 Å². The van der Waals surface area contributed by atoms with Crippen molar-refractivity contribution in [3.63, 3.8) is 0 Å². The lowest BCUT2D eigenvalue weighted by atomic mass is 10.2. The topological polar surface area (TPSA) is 115 Å². The van der Waals surface area contributed by atoms with Crippen LogP contribution in [0.25, 0.3) is 0 Å². The van der Waals surface area contributed by atoms with Gasteiger partial charge in [0.05, 0.1) is 35.2 Å². The van der Waals surface area contributed by atoms with Gasteiger partial charge in [-0.25, -0.2) is 4.79 Å². The van der Waals surface area contributed by atoms with E-state index in [4.69, 9.17) is 11.6 Å². The quantitative estimate of drug-likeness (QED) is 0.369. The van der Waals surface area contributed by atoms with Gasteiger partial charge in [0.1, 0.15) is 0 Å². The first-order chi connectivity index (χ1) is 15.8. The Bertz CT molecular complexity index is 1170. The molecule has 0 saturated carbocycles. The number of halogens is 1. The Kier molecular flexibility index (Phi) is 8.07. The lowest BCUT2D eigenvalue weighted by Crippen LogP contribution is -2.28. The van der Waals surface area contributed by atoms with Gasteiger partial charge in [0.2, 0.25) is 5.91 Å². The van der Waals surface area contributed by atoms with E-state index < -0.39 is 12.0 Å². The van der Waals surface area contributed by atoms with E-state index >= 15 is 0 Å². The van der Waals surface area contributed by atoms with Gasteiger partial charge >= 0.3 is 5.97 Å². The van der Waals surface area contributed by atoms with Crippen molar-refractivity contribution in [2.75, 3.05) is 18.2 Å². The van der Waals surface area contributed by atoms with Crippen LogP contribution < -0.4 is 10.6 Å². The van der Waals surface area contributed by atoms with Crippen molar-refractivity contribution < 1.29 is 19.1 Å². The summed E-state index contributed by atoms with van der Waals surface area (Å²) in [6.07, 6.45) is 0. The van der Waals surface area contributed by atoms with Gasteiger partial charge in [0, 0.05) is 12.6 Å². The Morgan fingerprint density at radius 3 is 2.55 bits per heavy atom. The van der Waals surface area contributed by atoms with Crippen LogP contribution in [0.15, 0.2) is 53.7 Å². The third kappa shape index (κ3) is 6.11. The molecule has 0 radical (unpaired) electrons. The molecule has 33 heavy (non-hydrogen) atoms. The first-order valence-corrected chi connectivity index (χ1v) is 11.2. The third-order valence-corrected chi connectivity index (χ3v) is 5.98. The van der Waals surface area contributed by atoms with Crippen LogP contribution in [0.3, 0.4) is 0 Å². The third-order valence-electron chi connectivity index (χ3n) is 4.63. The number of thioether (sulfide) groups is 1. The van der Waals surface area contributed by atoms with Crippen molar-refractivity contribution in [1.29, 1.82) is 0 Å². The zero-order chi connectivity index (χ0) is 24.0. The Morgan fingerprint density at radius 2 is 1.85 bits per heavy atom. The van der Waals surface area contributed by atoms with Crippen molar-refractivity contribution in [3.8, 4) is 0 Å². The number of carbonyl (C=O) groups excluding carboxylic acids is 3. The molecule has 3 rings (SSSR count). The van der Waals surface area contributed by atoms with Crippen molar-refractivity contribution in [3.05, 3.63) is 70.5 Å². The van der Waals surface area contributed by atoms with Crippen LogP contribution in [0.1, 0.15) is 39.5 Å². The Hall–Kier alpha value is -3.37. The first-order valence-electron chi connectivity index (χ1n) is 9.86. The molecule has 2 N–H and O–H groups in total. The number of amides is 2. The summed E-state index contributed by atoms with van der Waals surface area (Å²) >= 11 is 7.30. The molecule has 1 atom stereocenters. The molecular weight excluding hydrogens is 466 g/mol. The van der Waals surface area contributed by atoms with Crippen molar-refractivity contribution >= 4 is 46.8 Å². The van der Waals surface area contributed by atoms with E-state index in [2.05, 4.69) is 25.6 Å². The van der Waals surface area contributed by atoms with E-state index in [-0.39, 0.29) is 23.1 Å². The summed E-state index contributed by atoms with van der Waals surface area (Å²) in [6, 6.07) is 13.0. The molecule has 0 aliphatic heterocycles. The highest BCUT2D eigenvalue weighted by molar-refractivity contribution is 7.99. The summed E-state index contributed by atoms with van der Waals surface area (Å²) in [5.41, 5.74) is 1.13. The maximum Gasteiger partial charge on any atom is 0.337 e. The highest BCUT2D eigenvalue weighted by atomic mass is 35.5. The average molecular weight is 488 g/mol. The van der Waals surface area contributed by atoms with Crippen molar-refractivity contribution in [2.45, 2.75) is 18.1 Å². The summed E-state index contributed by atoms with van der Waals surface area (Å²) in [5, 5.41) is 14.6. The molecule has 1 unspecified atom stereocenters. The number of hydrogen-bond donors (Lipinski definition) is 2. The second kappa shape index (κ2) is 11.0. The molecule has 0 bridgehead atoms. The van der Waals surface area contributed by atoms with Crippen LogP contribution >= 0.6 is 23.4 Å². The number of aromatic nitrogens is 3. The summed E-state index contributed by atoms with van der Waals surface area (Å²) in [4.78, 5) is 36.5. The monoisotopic (exact) mass is 487 g/mol. The van der Waals surface area contributed by atoms with E-state index in [0.717, 1.165) is 0 Å². The minimum atomic E-state index is -0.531. The van der Waals surface area contributed by atoms with Crippen LogP contribution in [-0.2, 0) is 16.6 Å². The maximum absolute atomic E-state index is 12.4. The van der Waals surface area contributed by atoms with Crippen LogP contribution in [-0.4, -0.2) is 45.4 Å². The second-order valence-electron chi connectivity index (χ2n) is 6.98. The number of nitrogens with one attached hydrogen (secondary N) is 2. The predicted molar refractivity (Wildman–Crippen MR) is 125 cm³/mol. The van der Waals surface area contributed by atoms with Gasteiger partial charge in [-0.1, -0.05) is 41.6 Å². The highest BCUT2D eigenvalue weighted by Gasteiger charge is 2.19. The maximum atomic E-state index is 12.4. The minimum Gasteiger partial charge on any atom is -0.465 e. The molecule has 2 aromatic carbocycles. The molecular formula is C22H22ClN5O4S. The lowest BCUT2D eigenvalue weighted by Gasteiger charge is -2.13. The number of hydrogen-bond acceptors (Lipinski definition) is 7. The molecule has 9 nitrogen and oxygen atoms in total. The first kappa shape index (κ1) is 24.3. The number of nitrogens with zero attached hydrogens (tertiary/aromatic N) is 3. The van der Waals surface area contributed by atoms with Crippen LogP contribution in [0.2, 0.25) is 5.02 Å². The molecule has 0 spiro atoms. The lowest BCUT2D eigenvalue weighted by molar-refractivity contribution is -0.113. The van der Waals surface area contributed by atoms with Crippen LogP contribution in [0.4, 0.5) is 5.69 Å². The normalized spacial score (nSPS) is 11.5. The molecule has 172 valence electrons. The van der Waals surface area contributed by atoms with Gasteiger partial charge < -0.3 is 19.9 Å². The fourth-order valence-electron chi connectivity index (χ4n) is 2.95. The summed E-state index contributed by atoms with van der Waals surface area (Å²) in [6.45, 7) is 1.81. The van der Waals surface area contributed by atoms with E-state index in [1.54, 1.807) is 35.9 Å². The predicted octanol–water partition coefficient (Wildman–Crippen LogP) is 3.48. The zero-order valence-electron chi connectivity index (χ0n) is 18.2.